The molecule has 3 heteroatoms. The minimum absolute atomic E-state index is 0.00132. The first-order valence-corrected chi connectivity index (χ1v) is 17.8. The zero-order valence-corrected chi connectivity index (χ0v) is 19.6. The van der Waals surface area contributed by atoms with E-state index in [0.29, 0.717) is 0 Å². The molecular weight excluding hydrogens is 413 g/mol. The summed E-state index contributed by atoms with van der Waals surface area (Å²) in [6, 6.07) is 8.18. The molecule has 25 heavy (non-hydrogen) atoms. The van der Waals surface area contributed by atoms with E-state index in [9.17, 15) is 4.79 Å². The number of hydrogen-bond donors (Lipinski definition) is 1. The van der Waals surface area contributed by atoms with Gasteiger partial charge in [0, 0.05) is 0 Å². The van der Waals surface area contributed by atoms with Crippen molar-refractivity contribution in [2.75, 3.05) is 5.32 Å². The van der Waals surface area contributed by atoms with E-state index in [1.807, 2.05) is 12.1 Å². The van der Waals surface area contributed by atoms with Gasteiger partial charge in [-0.05, 0) is 0 Å². The molecule has 0 aliphatic rings. The molecule has 0 aliphatic carbocycles. The van der Waals surface area contributed by atoms with Crippen LogP contribution in [-0.2, 0) is 4.79 Å². The molecule has 1 rings (SSSR count). The maximum absolute atomic E-state index is 11.5. The molecule has 1 aromatic rings. The van der Waals surface area contributed by atoms with Crippen molar-refractivity contribution in [3.05, 3.63) is 33.9 Å². The van der Waals surface area contributed by atoms with Crippen molar-refractivity contribution in [3.63, 3.8) is 0 Å². The summed E-state index contributed by atoms with van der Waals surface area (Å²) in [5.41, 5.74) is 2.09. The Morgan fingerprint density at radius 1 is 0.960 bits per heavy atom. The standard InChI is InChI=1S/C10H10NO.3C4H9.Sn/c1-3-9-6-4-5-7-10(9)11-8(2)12;3*1-3-4-2;/h1,3-7H,2H3,(H,11,12);3*1,3-4H2,2H3;. The van der Waals surface area contributed by atoms with Crippen LogP contribution in [-0.4, -0.2) is 24.3 Å². The minimum atomic E-state index is -2.26. The fourth-order valence-electron chi connectivity index (χ4n) is 3.42. The van der Waals surface area contributed by atoms with Gasteiger partial charge >= 0.3 is 160 Å². The summed E-state index contributed by atoms with van der Waals surface area (Å²) in [7, 11) is 0. The summed E-state index contributed by atoms with van der Waals surface area (Å²) in [5.74, 6) is -0.00132. The van der Waals surface area contributed by atoms with Gasteiger partial charge in [0.1, 0.15) is 0 Å². The number of rotatable bonds is 12. The zero-order valence-electron chi connectivity index (χ0n) is 16.7. The molecule has 0 unspecified atom stereocenters. The molecule has 0 atom stereocenters. The molecule has 140 valence electrons. The van der Waals surface area contributed by atoms with E-state index in [1.54, 1.807) is 6.92 Å². The first-order valence-electron chi connectivity index (χ1n) is 10.1. The fourth-order valence-corrected chi connectivity index (χ4v) is 17.6. The van der Waals surface area contributed by atoms with E-state index in [4.69, 9.17) is 0 Å². The van der Waals surface area contributed by atoms with Crippen molar-refractivity contribution in [2.24, 2.45) is 0 Å². The van der Waals surface area contributed by atoms with E-state index in [2.05, 4.69) is 48.4 Å². The predicted octanol–water partition coefficient (Wildman–Crippen LogP) is 7.05. The van der Waals surface area contributed by atoms with Crippen LogP contribution in [0.5, 0.6) is 0 Å². The van der Waals surface area contributed by atoms with E-state index in [0.717, 1.165) is 11.3 Å². The van der Waals surface area contributed by atoms with Gasteiger partial charge in [0.15, 0.2) is 0 Å². The topological polar surface area (TPSA) is 29.1 Å². The Morgan fingerprint density at radius 2 is 1.48 bits per heavy atom. The molecule has 0 saturated heterocycles. The summed E-state index contributed by atoms with van der Waals surface area (Å²) < 4.78 is 7.09. The number of nitrogens with one attached hydrogen (secondary N) is 1. The van der Waals surface area contributed by atoms with Crippen molar-refractivity contribution in [1.82, 2.24) is 0 Å². The summed E-state index contributed by atoms with van der Waals surface area (Å²) >= 11 is -2.26. The molecule has 1 amide bonds. The summed E-state index contributed by atoms with van der Waals surface area (Å²) in [5, 5.41) is 2.97. The molecule has 0 aromatic heterocycles. The molecule has 2 nitrogen and oxygen atoms in total. The first kappa shape index (κ1) is 22.3. The van der Waals surface area contributed by atoms with Crippen LogP contribution in [0.4, 0.5) is 5.69 Å². The quantitative estimate of drug-likeness (QED) is 0.340. The van der Waals surface area contributed by atoms with Crippen molar-refractivity contribution < 1.29 is 4.79 Å². The average molecular weight is 450 g/mol. The molecule has 1 aromatic carbocycles. The Balaban J connectivity index is 3.08. The van der Waals surface area contributed by atoms with E-state index in [1.165, 1.54) is 51.8 Å². The molecule has 1 N–H and O–H groups in total. The molecule has 0 heterocycles. The van der Waals surface area contributed by atoms with Crippen molar-refractivity contribution in [2.45, 2.75) is 79.5 Å². The van der Waals surface area contributed by atoms with Crippen LogP contribution < -0.4 is 5.32 Å². The Kier molecular flexibility index (Phi) is 11.2. The number of amides is 1. The Bertz CT molecular complexity index is 517. The second-order valence-corrected chi connectivity index (χ2v) is 20.3. The zero-order chi connectivity index (χ0) is 18.5. The molecule has 0 radical (unpaired) electrons. The van der Waals surface area contributed by atoms with Crippen molar-refractivity contribution in [1.29, 1.82) is 0 Å². The van der Waals surface area contributed by atoms with Gasteiger partial charge < -0.3 is 0 Å². The number of para-hydroxylation sites is 1. The van der Waals surface area contributed by atoms with Gasteiger partial charge in [0.05, 0.1) is 0 Å². The van der Waals surface area contributed by atoms with Gasteiger partial charge in [-0.3, -0.25) is 0 Å². The van der Waals surface area contributed by atoms with Crippen LogP contribution in [0.1, 0.15) is 71.8 Å². The van der Waals surface area contributed by atoms with Gasteiger partial charge in [0.25, 0.3) is 0 Å². The fraction of sp³-hybridized carbons (Fsp3) is 0.591. The molecule has 0 fully saturated rings. The van der Waals surface area contributed by atoms with Crippen LogP contribution in [0, 0.1) is 0 Å². The van der Waals surface area contributed by atoms with Gasteiger partial charge in [-0.15, -0.1) is 0 Å². The van der Waals surface area contributed by atoms with Gasteiger partial charge in [-0.2, -0.15) is 0 Å². The molecular formula is C22H37NOSn. The summed E-state index contributed by atoms with van der Waals surface area (Å²) in [6.45, 7) is 8.51. The van der Waals surface area contributed by atoms with Crippen LogP contribution in [0.3, 0.4) is 0 Å². The second-order valence-electron chi connectivity index (χ2n) is 7.27. The average Bonchev–Trinajstić information content (AvgIpc) is 2.61. The van der Waals surface area contributed by atoms with E-state index >= 15 is 0 Å². The van der Waals surface area contributed by atoms with Crippen LogP contribution in [0.15, 0.2) is 28.4 Å². The Morgan fingerprint density at radius 3 is 1.96 bits per heavy atom. The van der Waals surface area contributed by atoms with Gasteiger partial charge in [-0.25, -0.2) is 0 Å². The number of unbranched alkanes of at least 4 members (excludes halogenated alkanes) is 3. The third-order valence-corrected chi connectivity index (χ3v) is 19.0. The second kappa shape index (κ2) is 12.6. The molecule has 0 saturated carbocycles. The predicted molar refractivity (Wildman–Crippen MR) is 115 cm³/mol. The Hall–Kier alpha value is -0.771. The van der Waals surface area contributed by atoms with Crippen LogP contribution in [0.2, 0.25) is 13.3 Å². The number of benzene rings is 1. The van der Waals surface area contributed by atoms with E-state index in [-0.39, 0.29) is 5.91 Å². The van der Waals surface area contributed by atoms with Crippen molar-refractivity contribution in [3.8, 4) is 0 Å². The molecule has 0 spiro atoms. The molecule has 0 aliphatic heterocycles. The van der Waals surface area contributed by atoms with Crippen LogP contribution in [0.25, 0.3) is 6.08 Å². The van der Waals surface area contributed by atoms with Crippen LogP contribution >= 0.6 is 0 Å². The van der Waals surface area contributed by atoms with Crippen molar-refractivity contribution >= 4 is 36.0 Å². The SMILES string of the molecule is CCC[CH2][Sn](/[CH]=C/c1ccccc1NC(C)=O)([CH2]CCC)[CH2]CCC. The monoisotopic (exact) mass is 451 g/mol. The van der Waals surface area contributed by atoms with Gasteiger partial charge in [-0.1, -0.05) is 0 Å². The van der Waals surface area contributed by atoms with Gasteiger partial charge in [0.2, 0.25) is 0 Å². The van der Waals surface area contributed by atoms with E-state index < -0.39 is 18.4 Å². The number of anilines is 1. The molecule has 0 bridgehead atoms. The summed E-state index contributed by atoms with van der Waals surface area (Å²) in [4.78, 5) is 11.5. The Labute approximate surface area is 159 Å². The number of hydrogen-bond acceptors (Lipinski definition) is 1. The number of carbonyl (C=O) groups is 1. The third-order valence-electron chi connectivity index (χ3n) is 4.97. The third kappa shape index (κ3) is 8.43. The first-order chi connectivity index (χ1) is 12.1. The normalized spacial score (nSPS) is 11.8. The maximum atomic E-state index is 11.5. The number of carbonyl (C=O) groups excluding carboxylic acids is 1. The summed E-state index contributed by atoms with van der Waals surface area (Å²) in [6.07, 6.45) is 10.4.